The van der Waals surface area contributed by atoms with E-state index < -0.39 is 0 Å². The highest BCUT2D eigenvalue weighted by molar-refractivity contribution is 6.21. The molecule has 0 saturated heterocycles. The lowest BCUT2D eigenvalue weighted by atomic mass is 9.87. The molecule has 0 N–H and O–H groups in total. The molecular weight excluding hydrogens is 761 g/mol. The number of para-hydroxylation sites is 3. The number of rotatable bonds is 7. The van der Waals surface area contributed by atoms with Crippen LogP contribution in [0.3, 0.4) is 0 Å². The van der Waals surface area contributed by atoms with Crippen molar-refractivity contribution in [2.75, 3.05) is 4.90 Å². The fourth-order valence-electron chi connectivity index (χ4n) is 9.37. The van der Waals surface area contributed by atoms with Gasteiger partial charge in [-0.25, -0.2) is 0 Å². The predicted octanol–water partition coefficient (Wildman–Crippen LogP) is 15.4. The van der Waals surface area contributed by atoms with Crippen LogP contribution in [0.25, 0.3) is 76.9 Å². The van der Waals surface area contributed by atoms with Gasteiger partial charge in [-0.1, -0.05) is 124 Å². The smallest absolute Gasteiger partial charge is 0.277 e. The molecule has 2 aromatic heterocycles. The third-order valence-corrected chi connectivity index (χ3v) is 12.4. The van der Waals surface area contributed by atoms with E-state index in [0.717, 1.165) is 66.6 Å². The normalized spacial score (nSPS) is 11.9. The standard InChI is InChI=1S/C56H42N4O2/c1-56(2,3)39-22-24-40(25-23-39)57(41-26-30-43(31-27-41)58-50-17-9-7-15-47(50)48-16-8-10-18-51(48)58)42-28-32-44(33-29-42)59-53-35-21-37-12-4-5-14-46(37)55(53)49-34-20-38(36-54(49)59)45-13-6-11-19-52(45)60(61)62/h4-36H,1-3H3. The monoisotopic (exact) mass is 802 g/mol. The van der Waals surface area contributed by atoms with Gasteiger partial charge in [-0.3, -0.25) is 10.1 Å². The molecular formula is C56H42N4O2. The highest BCUT2D eigenvalue weighted by Gasteiger charge is 2.21. The lowest BCUT2D eigenvalue weighted by Crippen LogP contribution is -2.13. The van der Waals surface area contributed by atoms with Gasteiger partial charge in [0.15, 0.2) is 0 Å². The number of aromatic nitrogens is 2. The molecule has 0 radical (unpaired) electrons. The summed E-state index contributed by atoms with van der Waals surface area (Å²) in [5.74, 6) is 0. The van der Waals surface area contributed by atoms with E-state index >= 15 is 0 Å². The van der Waals surface area contributed by atoms with Gasteiger partial charge in [-0.2, -0.15) is 0 Å². The van der Waals surface area contributed by atoms with Crippen molar-refractivity contribution in [3.63, 3.8) is 0 Å². The average molecular weight is 803 g/mol. The lowest BCUT2D eigenvalue weighted by Gasteiger charge is -2.27. The molecule has 9 aromatic carbocycles. The Morgan fingerprint density at radius 3 is 1.58 bits per heavy atom. The molecule has 0 atom stereocenters. The molecule has 0 aliphatic heterocycles. The van der Waals surface area contributed by atoms with Crippen molar-refractivity contribution < 1.29 is 4.92 Å². The Kier molecular flexibility index (Phi) is 8.58. The molecule has 298 valence electrons. The van der Waals surface area contributed by atoms with E-state index in [1.807, 2.05) is 18.2 Å². The van der Waals surface area contributed by atoms with Crippen LogP contribution in [0.2, 0.25) is 0 Å². The third-order valence-electron chi connectivity index (χ3n) is 12.4. The molecule has 0 unspecified atom stereocenters. The zero-order valence-electron chi connectivity index (χ0n) is 34.7. The summed E-state index contributed by atoms with van der Waals surface area (Å²) in [4.78, 5) is 14.2. The van der Waals surface area contributed by atoms with E-state index in [1.54, 1.807) is 12.1 Å². The van der Waals surface area contributed by atoms with Gasteiger partial charge in [0.1, 0.15) is 0 Å². The maximum Gasteiger partial charge on any atom is 0.277 e. The molecule has 0 saturated carbocycles. The van der Waals surface area contributed by atoms with Gasteiger partial charge >= 0.3 is 0 Å². The van der Waals surface area contributed by atoms with E-state index in [1.165, 1.54) is 27.4 Å². The molecule has 11 rings (SSSR count). The van der Waals surface area contributed by atoms with Gasteiger partial charge in [0.05, 0.1) is 32.6 Å². The zero-order chi connectivity index (χ0) is 42.1. The summed E-state index contributed by atoms with van der Waals surface area (Å²) in [5.41, 5.74) is 12.4. The van der Waals surface area contributed by atoms with E-state index in [9.17, 15) is 10.1 Å². The number of nitro groups is 1. The third kappa shape index (κ3) is 6.02. The maximum atomic E-state index is 12.1. The Morgan fingerprint density at radius 2 is 0.984 bits per heavy atom. The minimum Gasteiger partial charge on any atom is -0.311 e. The second-order valence-electron chi connectivity index (χ2n) is 17.1. The van der Waals surface area contributed by atoms with Crippen LogP contribution in [-0.2, 0) is 5.41 Å². The molecule has 0 bridgehead atoms. The number of hydrogen-bond acceptors (Lipinski definition) is 3. The SMILES string of the molecule is CC(C)(C)c1ccc(N(c2ccc(-n3c4ccccc4c4ccccc43)cc2)c2ccc(-n3c4cc(-c5ccccc5[N+](=O)[O-])ccc4c4c5ccccc5ccc43)cc2)cc1. The van der Waals surface area contributed by atoms with Crippen molar-refractivity contribution in [1.29, 1.82) is 0 Å². The van der Waals surface area contributed by atoms with E-state index in [0.29, 0.717) is 5.56 Å². The fourth-order valence-corrected chi connectivity index (χ4v) is 9.37. The van der Waals surface area contributed by atoms with Crippen molar-refractivity contribution in [1.82, 2.24) is 9.13 Å². The minimum atomic E-state index is -0.304. The molecule has 0 aliphatic carbocycles. The van der Waals surface area contributed by atoms with Crippen molar-refractivity contribution >= 4 is 77.1 Å². The molecule has 62 heavy (non-hydrogen) atoms. The molecule has 0 aliphatic rings. The molecule has 0 fully saturated rings. The first kappa shape index (κ1) is 37.1. The summed E-state index contributed by atoms with van der Waals surface area (Å²) < 4.78 is 4.64. The number of nitro benzene ring substituents is 1. The first-order chi connectivity index (χ1) is 30.2. The van der Waals surface area contributed by atoms with Gasteiger partial charge < -0.3 is 14.0 Å². The number of anilines is 3. The Bertz CT molecular complexity index is 3460. The highest BCUT2D eigenvalue weighted by atomic mass is 16.6. The van der Waals surface area contributed by atoms with Crippen LogP contribution < -0.4 is 4.90 Å². The summed E-state index contributed by atoms with van der Waals surface area (Å²) in [6.45, 7) is 6.73. The Balaban J connectivity index is 1.06. The number of hydrogen-bond donors (Lipinski definition) is 0. The Hall–Kier alpha value is -7.96. The summed E-state index contributed by atoms with van der Waals surface area (Å²) in [6, 6.07) is 69.8. The highest BCUT2D eigenvalue weighted by Crippen LogP contribution is 2.42. The second kappa shape index (κ2) is 14.4. The Morgan fingerprint density at radius 1 is 0.468 bits per heavy atom. The van der Waals surface area contributed by atoms with E-state index in [-0.39, 0.29) is 16.0 Å². The maximum absolute atomic E-state index is 12.1. The molecule has 0 amide bonds. The number of nitrogens with zero attached hydrogens (tertiary/aromatic N) is 4. The van der Waals surface area contributed by atoms with Gasteiger partial charge in [0.25, 0.3) is 5.69 Å². The molecule has 6 nitrogen and oxygen atoms in total. The van der Waals surface area contributed by atoms with Crippen LogP contribution >= 0.6 is 0 Å². The van der Waals surface area contributed by atoms with Gasteiger partial charge in [-0.05, 0) is 118 Å². The first-order valence-corrected chi connectivity index (χ1v) is 21.0. The summed E-state index contributed by atoms with van der Waals surface area (Å²) >= 11 is 0. The van der Waals surface area contributed by atoms with E-state index in [2.05, 4.69) is 205 Å². The second-order valence-corrected chi connectivity index (χ2v) is 17.1. The molecule has 6 heteroatoms. The van der Waals surface area contributed by atoms with Gasteiger partial charge in [-0.15, -0.1) is 0 Å². The largest absolute Gasteiger partial charge is 0.311 e. The average Bonchev–Trinajstić information content (AvgIpc) is 3.82. The number of fused-ring (bicyclic) bond motifs is 8. The number of benzene rings is 9. The summed E-state index contributed by atoms with van der Waals surface area (Å²) in [5, 5.41) is 19.2. The van der Waals surface area contributed by atoms with Gasteiger partial charge in [0.2, 0.25) is 0 Å². The van der Waals surface area contributed by atoms with Crippen molar-refractivity contribution in [2.24, 2.45) is 0 Å². The van der Waals surface area contributed by atoms with Crippen LogP contribution in [0, 0.1) is 10.1 Å². The van der Waals surface area contributed by atoms with Crippen molar-refractivity contribution in [3.05, 3.63) is 216 Å². The zero-order valence-corrected chi connectivity index (χ0v) is 34.7. The Labute approximate surface area is 359 Å². The lowest BCUT2D eigenvalue weighted by molar-refractivity contribution is -0.384. The van der Waals surface area contributed by atoms with Crippen molar-refractivity contribution in [3.8, 4) is 22.5 Å². The molecule has 0 spiro atoms. The fraction of sp³-hybridized carbons (Fsp3) is 0.0714. The molecule has 2 heterocycles. The van der Waals surface area contributed by atoms with Crippen molar-refractivity contribution in [2.45, 2.75) is 26.2 Å². The summed E-state index contributed by atoms with van der Waals surface area (Å²) in [7, 11) is 0. The minimum absolute atomic E-state index is 0.0217. The predicted molar refractivity (Wildman–Crippen MR) is 258 cm³/mol. The van der Waals surface area contributed by atoms with Crippen LogP contribution in [0.15, 0.2) is 200 Å². The van der Waals surface area contributed by atoms with Crippen LogP contribution in [0.1, 0.15) is 26.3 Å². The first-order valence-electron chi connectivity index (χ1n) is 21.0. The van der Waals surface area contributed by atoms with Crippen LogP contribution in [0.5, 0.6) is 0 Å². The quantitative estimate of drug-likeness (QED) is 0.119. The van der Waals surface area contributed by atoms with Gasteiger partial charge in [0, 0.05) is 56.0 Å². The van der Waals surface area contributed by atoms with E-state index in [4.69, 9.17) is 0 Å². The van der Waals surface area contributed by atoms with Crippen LogP contribution in [-0.4, -0.2) is 14.1 Å². The molecule has 11 aromatic rings. The summed E-state index contributed by atoms with van der Waals surface area (Å²) in [6.07, 6.45) is 0. The topological polar surface area (TPSA) is 56.2 Å². The van der Waals surface area contributed by atoms with Crippen LogP contribution in [0.4, 0.5) is 22.7 Å².